The van der Waals surface area contributed by atoms with E-state index in [0.29, 0.717) is 0 Å². The fraction of sp³-hybridized carbons (Fsp3) is 0.333. The summed E-state index contributed by atoms with van der Waals surface area (Å²) in [6.07, 6.45) is 0. The van der Waals surface area contributed by atoms with E-state index in [4.69, 9.17) is 9.15 Å². The Morgan fingerprint density at radius 1 is 1.38 bits per heavy atom. The number of carbonyl (C=O) groups is 1. The first-order valence-corrected chi connectivity index (χ1v) is 6.33. The lowest BCUT2D eigenvalue weighted by Crippen LogP contribution is -2.16. The molecular weight excluding hydrogens is 277 g/mol. The molecule has 0 atom stereocenters. The van der Waals surface area contributed by atoms with Gasteiger partial charge in [-0.3, -0.25) is 0 Å². The molecule has 0 bridgehead atoms. The zero-order valence-corrected chi connectivity index (χ0v) is 12.2. The van der Waals surface area contributed by atoms with E-state index < -0.39 is 17.2 Å². The molecule has 1 aromatic heterocycles. The van der Waals surface area contributed by atoms with Crippen molar-refractivity contribution < 1.29 is 23.4 Å². The maximum Gasteiger partial charge on any atom is 0.373 e. The van der Waals surface area contributed by atoms with Crippen LogP contribution >= 0.6 is 0 Å². The summed E-state index contributed by atoms with van der Waals surface area (Å²) in [5.41, 5.74) is -0.276. The van der Waals surface area contributed by atoms with Crippen molar-refractivity contribution in [2.45, 2.75) is 26.2 Å². The third kappa shape index (κ3) is 2.74. The summed E-state index contributed by atoms with van der Waals surface area (Å²) in [7, 11) is 1.39. The Morgan fingerprint density at radius 2 is 2.05 bits per heavy atom. The SMILES string of the molecule is COc1cccc(F)c1-c1nc(C(C)(C)C)c(C(=O)O)o1. The fourth-order valence-electron chi connectivity index (χ4n) is 1.96. The van der Waals surface area contributed by atoms with E-state index in [9.17, 15) is 14.3 Å². The number of nitrogens with zero attached hydrogens (tertiary/aromatic N) is 1. The molecule has 0 aliphatic carbocycles. The van der Waals surface area contributed by atoms with Gasteiger partial charge >= 0.3 is 5.97 Å². The van der Waals surface area contributed by atoms with Crippen LogP contribution in [0.3, 0.4) is 0 Å². The standard InChI is InChI=1S/C15H16FNO4/c1-15(2,3)12-11(14(18)19)21-13(17-12)10-8(16)6-5-7-9(10)20-4/h5-7H,1-4H3,(H,18,19). The molecule has 0 radical (unpaired) electrons. The van der Waals surface area contributed by atoms with E-state index >= 15 is 0 Å². The number of hydrogen-bond acceptors (Lipinski definition) is 4. The molecule has 112 valence electrons. The van der Waals surface area contributed by atoms with Crippen molar-refractivity contribution in [3.05, 3.63) is 35.5 Å². The summed E-state index contributed by atoms with van der Waals surface area (Å²) in [4.78, 5) is 15.5. The largest absolute Gasteiger partial charge is 0.496 e. The molecule has 2 rings (SSSR count). The Morgan fingerprint density at radius 3 is 2.52 bits per heavy atom. The van der Waals surface area contributed by atoms with Gasteiger partial charge in [-0.1, -0.05) is 26.8 Å². The molecule has 0 spiro atoms. The summed E-state index contributed by atoms with van der Waals surface area (Å²) in [5.74, 6) is -1.99. The van der Waals surface area contributed by atoms with Crippen LogP contribution in [0, 0.1) is 5.82 Å². The van der Waals surface area contributed by atoms with E-state index in [2.05, 4.69) is 4.98 Å². The third-order valence-corrected chi connectivity index (χ3v) is 2.94. The number of carboxylic acids is 1. The van der Waals surface area contributed by atoms with Gasteiger partial charge in [-0.15, -0.1) is 0 Å². The third-order valence-electron chi connectivity index (χ3n) is 2.94. The Bertz CT molecular complexity index is 685. The molecule has 0 saturated carbocycles. The van der Waals surface area contributed by atoms with Gasteiger partial charge in [0, 0.05) is 5.41 Å². The summed E-state index contributed by atoms with van der Waals surface area (Å²) < 4.78 is 24.4. The lowest BCUT2D eigenvalue weighted by Gasteiger charge is -2.14. The highest BCUT2D eigenvalue weighted by atomic mass is 19.1. The summed E-state index contributed by atoms with van der Waals surface area (Å²) in [6.45, 7) is 5.42. The molecule has 0 aliphatic heterocycles. The van der Waals surface area contributed by atoms with E-state index in [1.807, 2.05) is 0 Å². The molecule has 21 heavy (non-hydrogen) atoms. The van der Waals surface area contributed by atoms with Gasteiger partial charge in [-0.25, -0.2) is 14.2 Å². The van der Waals surface area contributed by atoms with Gasteiger partial charge in [0.1, 0.15) is 22.8 Å². The van der Waals surface area contributed by atoms with Crippen LogP contribution in [0.15, 0.2) is 22.6 Å². The van der Waals surface area contributed by atoms with Crippen LogP contribution in [0.2, 0.25) is 0 Å². The maximum atomic E-state index is 14.0. The average molecular weight is 293 g/mol. The number of hydrogen-bond donors (Lipinski definition) is 1. The molecule has 6 heteroatoms. The van der Waals surface area contributed by atoms with Gasteiger partial charge in [-0.05, 0) is 12.1 Å². The predicted octanol–water partition coefficient (Wildman–Crippen LogP) is 3.49. The van der Waals surface area contributed by atoms with Gasteiger partial charge in [0.2, 0.25) is 11.7 Å². The zero-order chi connectivity index (χ0) is 15.8. The molecular formula is C15H16FNO4. The van der Waals surface area contributed by atoms with E-state index in [1.165, 1.54) is 19.2 Å². The van der Waals surface area contributed by atoms with Crippen LogP contribution in [0.5, 0.6) is 5.75 Å². The van der Waals surface area contributed by atoms with Crippen molar-refractivity contribution in [3.63, 3.8) is 0 Å². The minimum absolute atomic E-state index is 0.0120. The Kier molecular flexibility index (Phi) is 3.72. The molecule has 1 N–H and O–H groups in total. The molecule has 0 unspecified atom stereocenters. The highest BCUT2D eigenvalue weighted by Crippen LogP contribution is 2.35. The van der Waals surface area contributed by atoms with Crippen LogP contribution in [0.25, 0.3) is 11.5 Å². The molecule has 1 heterocycles. The van der Waals surface area contributed by atoms with Crippen molar-refractivity contribution in [1.82, 2.24) is 4.98 Å². The first kappa shape index (κ1) is 15.0. The number of carboxylic acid groups (broad SMARTS) is 1. The van der Waals surface area contributed by atoms with Gasteiger partial charge < -0.3 is 14.3 Å². The molecule has 0 fully saturated rings. The molecule has 1 aromatic carbocycles. The van der Waals surface area contributed by atoms with E-state index in [1.54, 1.807) is 26.8 Å². The maximum absolute atomic E-state index is 14.0. The Balaban J connectivity index is 2.70. The average Bonchev–Trinajstić information content (AvgIpc) is 2.83. The lowest BCUT2D eigenvalue weighted by atomic mass is 9.91. The minimum atomic E-state index is -1.24. The van der Waals surface area contributed by atoms with Gasteiger partial charge in [-0.2, -0.15) is 0 Å². The number of rotatable bonds is 3. The van der Waals surface area contributed by atoms with Gasteiger partial charge in [0.15, 0.2) is 0 Å². The Labute approximate surface area is 121 Å². The molecule has 2 aromatic rings. The molecule has 0 saturated heterocycles. The topological polar surface area (TPSA) is 72.6 Å². The normalized spacial score (nSPS) is 11.5. The monoisotopic (exact) mass is 293 g/mol. The van der Waals surface area contributed by atoms with Crippen LogP contribution in [0.4, 0.5) is 4.39 Å². The van der Waals surface area contributed by atoms with Crippen molar-refractivity contribution in [1.29, 1.82) is 0 Å². The minimum Gasteiger partial charge on any atom is -0.496 e. The number of halogens is 1. The fourth-order valence-corrected chi connectivity index (χ4v) is 1.96. The highest BCUT2D eigenvalue weighted by Gasteiger charge is 2.30. The number of aromatic nitrogens is 1. The van der Waals surface area contributed by atoms with Gasteiger partial charge in [0.05, 0.1) is 7.11 Å². The van der Waals surface area contributed by atoms with Gasteiger partial charge in [0.25, 0.3) is 0 Å². The van der Waals surface area contributed by atoms with Crippen molar-refractivity contribution in [3.8, 4) is 17.2 Å². The van der Waals surface area contributed by atoms with Crippen LogP contribution in [-0.4, -0.2) is 23.2 Å². The van der Waals surface area contributed by atoms with Crippen molar-refractivity contribution in [2.24, 2.45) is 0 Å². The lowest BCUT2D eigenvalue weighted by molar-refractivity contribution is 0.0659. The second kappa shape index (κ2) is 5.20. The second-order valence-corrected chi connectivity index (χ2v) is 5.57. The molecule has 0 amide bonds. The molecule has 0 aliphatic rings. The summed E-state index contributed by atoms with van der Waals surface area (Å²) >= 11 is 0. The number of aromatic carboxylic acids is 1. The predicted molar refractivity (Wildman–Crippen MR) is 74.1 cm³/mol. The number of oxazole rings is 1. The first-order chi connectivity index (χ1) is 9.75. The summed E-state index contributed by atoms with van der Waals surface area (Å²) in [6, 6.07) is 4.28. The van der Waals surface area contributed by atoms with E-state index in [0.717, 1.165) is 0 Å². The van der Waals surface area contributed by atoms with Crippen molar-refractivity contribution in [2.75, 3.05) is 7.11 Å². The Hall–Kier alpha value is -2.37. The number of methoxy groups -OCH3 is 1. The quantitative estimate of drug-likeness (QED) is 0.937. The smallest absolute Gasteiger partial charge is 0.373 e. The zero-order valence-electron chi connectivity index (χ0n) is 12.2. The van der Waals surface area contributed by atoms with E-state index in [-0.39, 0.29) is 28.7 Å². The number of ether oxygens (including phenoxy) is 1. The second-order valence-electron chi connectivity index (χ2n) is 5.57. The van der Waals surface area contributed by atoms with Crippen LogP contribution in [-0.2, 0) is 5.41 Å². The highest BCUT2D eigenvalue weighted by molar-refractivity contribution is 5.86. The van der Waals surface area contributed by atoms with Crippen LogP contribution in [0.1, 0.15) is 37.0 Å². The van der Waals surface area contributed by atoms with Crippen molar-refractivity contribution >= 4 is 5.97 Å². The summed E-state index contributed by atoms with van der Waals surface area (Å²) in [5, 5.41) is 9.23. The van der Waals surface area contributed by atoms with Crippen LogP contribution < -0.4 is 4.74 Å². The first-order valence-electron chi connectivity index (χ1n) is 6.33. The molecule has 5 nitrogen and oxygen atoms in total. The number of benzene rings is 1.